The molecule has 0 aliphatic rings. The number of nitrogens with zero attached hydrogens (tertiary/aromatic N) is 2. The highest BCUT2D eigenvalue weighted by Crippen LogP contribution is 2.36. The van der Waals surface area contributed by atoms with Gasteiger partial charge in [0.05, 0.1) is 37.3 Å². The number of ether oxygens (including phenoxy) is 3. The van der Waals surface area contributed by atoms with Gasteiger partial charge in [0.1, 0.15) is 23.8 Å². The van der Waals surface area contributed by atoms with Gasteiger partial charge in [0, 0.05) is 6.07 Å². The lowest BCUT2D eigenvalue weighted by molar-refractivity contribution is 0.0505. The Morgan fingerprint density at radius 1 is 1.37 bits per heavy atom. The van der Waals surface area contributed by atoms with Gasteiger partial charge < -0.3 is 25.3 Å². The molecule has 9 nitrogen and oxygen atoms in total. The molecule has 0 bridgehead atoms. The Labute approximate surface area is 156 Å². The zero-order chi connectivity index (χ0) is 20.0. The maximum absolute atomic E-state index is 14.1. The van der Waals surface area contributed by atoms with Gasteiger partial charge in [-0.05, 0) is 20.8 Å². The first-order valence-electron chi connectivity index (χ1n) is 8.26. The molecule has 4 N–H and O–H groups in total. The zero-order valence-electron chi connectivity index (χ0n) is 15.7. The van der Waals surface area contributed by atoms with Gasteiger partial charge in [-0.25, -0.2) is 9.18 Å². The van der Waals surface area contributed by atoms with Gasteiger partial charge in [0.2, 0.25) is 0 Å². The van der Waals surface area contributed by atoms with E-state index in [0.717, 1.165) is 0 Å². The Morgan fingerprint density at radius 2 is 2.07 bits per heavy atom. The summed E-state index contributed by atoms with van der Waals surface area (Å²) in [7, 11) is 1.48. The lowest BCUT2D eigenvalue weighted by atomic mass is 10.1. The Balaban J connectivity index is 2.00. The van der Waals surface area contributed by atoms with E-state index in [9.17, 15) is 9.18 Å². The van der Waals surface area contributed by atoms with E-state index < -0.39 is 17.9 Å². The molecule has 10 heteroatoms. The Kier molecular flexibility index (Phi) is 6.43. The number of nitrogens with two attached hydrogens (primary N) is 1. The standard InChI is InChI=1S/C17H24FN5O4/c1-17(2,3)27-16(24)21-6-10(18)9-26-13-8-20-7-12(25-4)15(13)11-5-14(19)23-22-11/h5,7-8,10H,6,9H2,1-4H3,(H,21,24)(H3,19,22,23)/t10-/m0/s1. The maximum atomic E-state index is 14.1. The van der Waals surface area contributed by atoms with Crippen LogP contribution in [0.5, 0.6) is 11.5 Å². The van der Waals surface area contributed by atoms with Crippen LogP contribution in [0.4, 0.5) is 15.0 Å². The van der Waals surface area contributed by atoms with Crippen LogP contribution in [-0.4, -0.2) is 53.3 Å². The topological polar surface area (TPSA) is 124 Å². The van der Waals surface area contributed by atoms with Crippen molar-refractivity contribution in [3.8, 4) is 22.8 Å². The highest BCUT2D eigenvalue weighted by Gasteiger charge is 2.19. The minimum absolute atomic E-state index is 0.251. The van der Waals surface area contributed by atoms with Crippen LogP contribution in [0.3, 0.4) is 0 Å². The number of aromatic nitrogens is 3. The van der Waals surface area contributed by atoms with Crippen molar-refractivity contribution < 1.29 is 23.4 Å². The SMILES string of the molecule is COc1cncc(OC[C@@H](F)CNC(=O)OC(C)(C)C)c1-c1cc(N)n[nH]1. The number of carbonyl (C=O) groups is 1. The molecule has 1 atom stereocenters. The summed E-state index contributed by atoms with van der Waals surface area (Å²) in [5.41, 5.74) is 6.05. The molecule has 27 heavy (non-hydrogen) atoms. The highest BCUT2D eigenvalue weighted by atomic mass is 19.1. The molecular weight excluding hydrogens is 357 g/mol. The normalized spacial score (nSPS) is 12.3. The molecule has 1 amide bonds. The van der Waals surface area contributed by atoms with Gasteiger partial charge in [0.15, 0.2) is 11.9 Å². The maximum Gasteiger partial charge on any atom is 0.407 e. The van der Waals surface area contributed by atoms with Crippen LogP contribution in [0.15, 0.2) is 18.5 Å². The van der Waals surface area contributed by atoms with Gasteiger partial charge in [-0.15, -0.1) is 0 Å². The third-order valence-electron chi connectivity index (χ3n) is 3.25. The fraction of sp³-hybridized carbons (Fsp3) is 0.471. The lowest BCUT2D eigenvalue weighted by Gasteiger charge is -2.20. The van der Waals surface area contributed by atoms with Gasteiger partial charge in [0.25, 0.3) is 0 Å². The third kappa shape index (κ3) is 6.01. The summed E-state index contributed by atoms with van der Waals surface area (Å²) in [6, 6.07) is 1.60. The van der Waals surface area contributed by atoms with Gasteiger partial charge >= 0.3 is 6.09 Å². The van der Waals surface area contributed by atoms with Crippen LogP contribution in [0.2, 0.25) is 0 Å². The third-order valence-corrected chi connectivity index (χ3v) is 3.25. The highest BCUT2D eigenvalue weighted by molar-refractivity contribution is 5.74. The van der Waals surface area contributed by atoms with Crippen molar-refractivity contribution in [2.45, 2.75) is 32.5 Å². The fourth-order valence-corrected chi connectivity index (χ4v) is 2.17. The molecule has 2 rings (SSSR count). The summed E-state index contributed by atoms with van der Waals surface area (Å²) in [5.74, 6) is 0.996. The van der Waals surface area contributed by atoms with Crippen molar-refractivity contribution in [2.24, 2.45) is 0 Å². The second-order valence-corrected chi connectivity index (χ2v) is 6.71. The molecule has 0 aliphatic heterocycles. The number of aromatic amines is 1. The van der Waals surface area contributed by atoms with Crippen LogP contribution in [-0.2, 0) is 4.74 Å². The molecule has 2 aromatic rings. The number of hydrogen-bond donors (Lipinski definition) is 3. The molecule has 0 saturated heterocycles. The summed E-state index contributed by atoms with van der Waals surface area (Å²) in [5, 5.41) is 8.98. The number of hydrogen-bond acceptors (Lipinski definition) is 7. The summed E-state index contributed by atoms with van der Waals surface area (Å²) in [4.78, 5) is 15.6. The molecule has 2 heterocycles. The van der Waals surface area contributed by atoms with E-state index in [-0.39, 0.29) is 18.9 Å². The number of carbonyl (C=O) groups excluding carboxylic acids is 1. The summed E-state index contributed by atoms with van der Waals surface area (Å²) < 4.78 is 30.0. The molecule has 0 unspecified atom stereocenters. The number of H-pyrrole nitrogens is 1. The summed E-state index contributed by atoms with van der Waals surface area (Å²) >= 11 is 0. The van der Waals surface area contributed by atoms with Gasteiger partial charge in [-0.2, -0.15) is 5.10 Å². The smallest absolute Gasteiger partial charge is 0.407 e. The Hall–Kier alpha value is -3.04. The van der Waals surface area contributed by atoms with Crippen LogP contribution in [0, 0.1) is 0 Å². The average molecular weight is 381 g/mol. The number of nitrogens with one attached hydrogen (secondary N) is 2. The van der Waals surface area contributed by atoms with E-state index in [1.165, 1.54) is 19.5 Å². The molecule has 0 fully saturated rings. The predicted octanol–water partition coefficient (Wildman–Crippen LogP) is 2.30. The molecule has 148 valence electrons. The van der Waals surface area contributed by atoms with Gasteiger partial charge in [-0.1, -0.05) is 0 Å². The number of alkyl carbamates (subject to hydrolysis) is 1. The molecule has 0 spiro atoms. The number of rotatable bonds is 7. The Morgan fingerprint density at radius 3 is 2.67 bits per heavy atom. The number of alkyl halides is 1. The molecule has 0 saturated carbocycles. The van der Waals surface area contributed by atoms with Crippen molar-refractivity contribution in [3.63, 3.8) is 0 Å². The second-order valence-electron chi connectivity index (χ2n) is 6.71. The summed E-state index contributed by atoms with van der Waals surface area (Å²) in [6.07, 6.45) is 0.782. The van der Waals surface area contributed by atoms with Crippen molar-refractivity contribution in [1.29, 1.82) is 0 Å². The van der Waals surface area contributed by atoms with Crippen LogP contribution < -0.4 is 20.5 Å². The first-order valence-corrected chi connectivity index (χ1v) is 8.26. The lowest BCUT2D eigenvalue weighted by Crippen LogP contribution is -2.37. The zero-order valence-corrected chi connectivity index (χ0v) is 15.7. The number of pyridine rings is 1. The van der Waals surface area contributed by atoms with Crippen LogP contribution in [0.25, 0.3) is 11.3 Å². The number of anilines is 1. The summed E-state index contributed by atoms with van der Waals surface area (Å²) in [6.45, 7) is 4.62. The minimum atomic E-state index is -1.46. The van der Waals surface area contributed by atoms with E-state index in [1.807, 2.05) is 0 Å². The van der Waals surface area contributed by atoms with Gasteiger partial charge in [-0.3, -0.25) is 10.1 Å². The number of methoxy groups -OCH3 is 1. The molecule has 0 aromatic carbocycles. The number of halogens is 1. The largest absolute Gasteiger partial charge is 0.494 e. The second kappa shape index (κ2) is 8.56. The monoisotopic (exact) mass is 381 g/mol. The first kappa shape index (κ1) is 20.3. The van der Waals surface area contributed by atoms with E-state index in [4.69, 9.17) is 19.9 Å². The molecular formula is C17H24FN5O4. The Bertz CT molecular complexity index is 775. The van der Waals surface area contributed by atoms with Crippen molar-refractivity contribution in [2.75, 3.05) is 26.0 Å². The van der Waals surface area contributed by atoms with E-state index in [2.05, 4.69) is 20.5 Å². The van der Waals surface area contributed by atoms with Crippen molar-refractivity contribution >= 4 is 11.9 Å². The predicted molar refractivity (Wildman–Crippen MR) is 97.4 cm³/mol. The van der Waals surface area contributed by atoms with Crippen molar-refractivity contribution in [3.05, 3.63) is 18.5 Å². The minimum Gasteiger partial charge on any atom is -0.494 e. The fourth-order valence-electron chi connectivity index (χ4n) is 2.17. The quantitative estimate of drug-likeness (QED) is 0.672. The molecule has 0 radical (unpaired) electrons. The van der Waals surface area contributed by atoms with E-state index >= 15 is 0 Å². The number of nitrogen functional groups attached to an aromatic ring is 1. The molecule has 2 aromatic heterocycles. The molecule has 0 aliphatic carbocycles. The number of amides is 1. The van der Waals surface area contributed by atoms with E-state index in [1.54, 1.807) is 26.8 Å². The van der Waals surface area contributed by atoms with Crippen LogP contribution in [0.1, 0.15) is 20.8 Å². The average Bonchev–Trinajstić information content (AvgIpc) is 3.02. The van der Waals surface area contributed by atoms with Crippen molar-refractivity contribution in [1.82, 2.24) is 20.5 Å². The van der Waals surface area contributed by atoms with E-state index in [0.29, 0.717) is 22.8 Å². The first-order chi connectivity index (χ1) is 12.7. The van der Waals surface area contributed by atoms with Crippen LogP contribution >= 0.6 is 0 Å².